The monoisotopic (exact) mass is 375 g/mol. The lowest BCUT2D eigenvalue weighted by molar-refractivity contribution is -0.132. The molecular formula is C18H29N7O2. The lowest BCUT2D eigenvalue weighted by Crippen LogP contribution is -2.33. The smallest absolute Gasteiger partial charge is 0.222 e. The molecule has 0 N–H and O–H groups in total. The molecule has 3 heterocycles. The SMILES string of the molecule is CC1CCN(Cc2nnnn2CCCC(=O)N(C)C(C)c2ccon2)CC1. The minimum absolute atomic E-state index is 0.0742. The summed E-state index contributed by atoms with van der Waals surface area (Å²) < 4.78 is 6.69. The van der Waals surface area contributed by atoms with Crippen LogP contribution in [0.3, 0.4) is 0 Å². The first kappa shape index (κ1) is 19.5. The third kappa shape index (κ3) is 5.12. The van der Waals surface area contributed by atoms with E-state index in [2.05, 4.69) is 32.5 Å². The molecule has 1 atom stereocenters. The summed E-state index contributed by atoms with van der Waals surface area (Å²) in [5.41, 5.74) is 0.754. The van der Waals surface area contributed by atoms with Crippen LogP contribution >= 0.6 is 0 Å². The molecule has 9 nitrogen and oxygen atoms in total. The van der Waals surface area contributed by atoms with Crippen molar-refractivity contribution in [2.75, 3.05) is 20.1 Å². The largest absolute Gasteiger partial charge is 0.364 e. The Balaban J connectivity index is 1.45. The summed E-state index contributed by atoms with van der Waals surface area (Å²) in [6.07, 6.45) is 5.12. The number of likely N-dealkylation sites (tertiary alicyclic amines) is 1. The normalized spacial score (nSPS) is 17.1. The zero-order chi connectivity index (χ0) is 19.2. The molecule has 1 unspecified atom stereocenters. The standard InChI is InChI=1S/C18H29N7O2/c1-14-6-10-24(11-7-14)13-17-19-21-22-25(17)9-4-5-18(26)23(3)15(2)16-8-12-27-20-16/h8,12,14-15H,4-7,9-11,13H2,1-3H3. The maximum atomic E-state index is 12.4. The molecule has 0 bridgehead atoms. The van der Waals surface area contributed by atoms with Crippen molar-refractivity contribution >= 4 is 5.91 Å². The van der Waals surface area contributed by atoms with Crippen LogP contribution in [0.15, 0.2) is 16.9 Å². The number of amides is 1. The number of hydrogen-bond donors (Lipinski definition) is 0. The van der Waals surface area contributed by atoms with Crippen molar-refractivity contribution in [2.24, 2.45) is 5.92 Å². The van der Waals surface area contributed by atoms with E-state index in [1.165, 1.54) is 19.1 Å². The number of hydrogen-bond acceptors (Lipinski definition) is 7. The van der Waals surface area contributed by atoms with Gasteiger partial charge in [0.2, 0.25) is 5.91 Å². The van der Waals surface area contributed by atoms with Gasteiger partial charge in [-0.05, 0) is 55.6 Å². The van der Waals surface area contributed by atoms with E-state index in [0.29, 0.717) is 19.4 Å². The van der Waals surface area contributed by atoms with Crippen molar-refractivity contribution in [3.8, 4) is 0 Å². The molecule has 27 heavy (non-hydrogen) atoms. The Bertz CT molecular complexity index is 707. The first-order valence-electron chi connectivity index (χ1n) is 9.68. The molecule has 0 spiro atoms. The van der Waals surface area contributed by atoms with Crippen LogP contribution in [-0.2, 0) is 17.9 Å². The molecule has 148 valence electrons. The van der Waals surface area contributed by atoms with E-state index in [1.54, 1.807) is 18.0 Å². The van der Waals surface area contributed by atoms with E-state index in [-0.39, 0.29) is 11.9 Å². The third-order valence-corrected chi connectivity index (χ3v) is 5.47. The first-order valence-corrected chi connectivity index (χ1v) is 9.68. The van der Waals surface area contributed by atoms with Crippen LogP contribution in [-0.4, -0.2) is 61.2 Å². The Morgan fingerprint density at radius 2 is 2.19 bits per heavy atom. The summed E-state index contributed by atoms with van der Waals surface area (Å²) in [5.74, 6) is 1.76. The Hall–Kier alpha value is -2.29. The van der Waals surface area contributed by atoms with Gasteiger partial charge in [-0.3, -0.25) is 9.69 Å². The second-order valence-corrected chi connectivity index (χ2v) is 7.49. The van der Waals surface area contributed by atoms with Gasteiger partial charge in [-0.2, -0.15) is 0 Å². The van der Waals surface area contributed by atoms with Crippen LogP contribution < -0.4 is 0 Å². The van der Waals surface area contributed by atoms with Gasteiger partial charge in [-0.25, -0.2) is 4.68 Å². The fourth-order valence-corrected chi connectivity index (χ4v) is 3.34. The van der Waals surface area contributed by atoms with Crippen LogP contribution in [0.1, 0.15) is 57.1 Å². The molecule has 1 fully saturated rings. The molecule has 1 aliphatic rings. The van der Waals surface area contributed by atoms with E-state index < -0.39 is 0 Å². The average Bonchev–Trinajstić information content (AvgIpc) is 3.35. The van der Waals surface area contributed by atoms with Gasteiger partial charge in [0.25, 0.3) is 0 Å². The minimum atomic E-state index is -0.110. The fraction of sp³-hybridized carbons (Fsp3) is 0.722. The predicted molar refractivity (Wildman–Crippen MR) is 98.4 cm³/mol. The minimum Gasteiger partial charge on any atom is -0.364 e. The van der Waals surface area contributed by atoms with Gasteiger partial charge in [0.05, 0.1) is 12.6 Å². The molecule has 3 rings (SSSR count). The first-order chi connectivity index (χ1) is 13.0. The lowest BCUT2D eigenvalue weighted by Gasteiger charge is -2.29. The zero-order valence-electron chi connectivity index (χ0n) is 16.4. The van der Waals surface area contributed by atoms with Gasteiger partial charge in [-0.15, -0.1) is 5.10 Å². The Labute approximate surface area is 159 Å². The number of nitrogens with zero attached hydrogens (tertiary/aromatic N) is 7. The number of piperidine rings is 1. The summed E-state index contributed by atoms with van der Waals surface area (Å²) in [7, 11) is 1.79. The fourth-order valence-electron chi connectivity index (χ4n) is 3.34. The highest BCUT2D eigenvalue weighted by Gasteiger charge is 2.20. The molecule has 0 saturated carbocycles. The van der Waals surface area contributed by atoms with E-state index in [1.807, 2.05) is 11.6 Å². The molecule has 2 aromatic heterocycles. The van der Waals surface area contributed by atoms with Crippen molar-refractivity contribution in [3.05, 3.63) is 23.8 Å². The van der Waals surface area contributed by atoms with Gasteiger partial charge < -0.3 is 9.42 Å². The van der Waals surface area contributed by atoms with Gasteiger partial charge in [0.15, 0.2) is 5.82 Å². The van der Waals surface area contributed by atoms with E-state index in [4.69, 9.17) is 4.52 Å². The molecule has 1 saturated heterocycles. The topological polar surface area (TPSA) is 93.2 Å². The van der Waals surface area contributed by atoms with E-state index >= 15 is 0 Å². The molecule has 0 aromatic carbocycles. The van der Waals surface area contributed by atoms with Crippen LogP contribution in [0, 0.1) is 5.92 Å². The second-order valence-electron chi connectivity index (χ2n) is 7.49. The van der Waals surface area contributed by atoms with Gasteiger partial charge in [0, 0.05) is 26.1 Å². The van der Waals surface area contributed by atoms with Gasteiger partial charge in [-0.1, -0.05) is 12.1 Å². The number of tetrazole rings is 1. The average molecular weight is 375 g/mol. The van der Waals surface area contributed by atoms with Crippen LogP contribution in [0.5, 0.6) is 0 Å². The van der Waals surface area contributed by atoms with Gasteiger partial charge >= 0.3 is 0 Å². The lowest BCUT2D eigenvalue weighted by atomic mass is 9.99. The molecule has 2 aromatic rings. The van der Waals surface area contributed by atoms with Crippen molar-refractivity contribution < 1.29 is 9.32 Å². The van der Waals surface area contributed by atoms with Gasteiger partial charge in [0.1, 0.15) is 12.0 Å². The quantitative estimate of drug-likeness (QED) is 0.695. The van der Waals surface area contributed by atoms with Crippen LogP contribution in [0.25, 0.3) is 0 Å². The van der Waals surface area contributed by atoms with Crippen LogP contribution in [0.2, 0.25) is 0 Å². The summed E-state index contributed by atoms with van der Waals surface area (Å²) >= 11 is 0. The third-order valence-electron chi connectivity index (χ3n) is 5.47. The molecule has 1 aliphatic heterocycles. The maximum Gasteiger partial charge on any atom is 0.222 e. The Morgan fingerprint density at radius 1 is 1.41 bits per heavy atom. The highest BCUT2D eigenvalue weighted by Crippen LogP contribution is 2.19. The summed E-state index contributed by atoms with van der Waals surface area (Å²) in [5, 5.41) is 16.0. The number of rotatable bonds is 8. The van der Waals surface area contributed by atoms with Crippen molar-refractivity contribution in [1.29, 1.82) is 0 Å². The number of aromatic nitrogens is 5. The predicted octanol–water partition coefficient (Wildman–Crippen LogP) is 1.89. The summed E-state index contributed by atoms with van der Waals surface area (Å²) in [6.45, 7) is 7.85. The highest BCUT2D eigenvalue weighted by molar-refractivity contribution is 5.76. The van der Waals surface area contributed by atoms with Crippen molar-refractivity contribution in [2.45, 2.75) is 58.7 Å². The number of carbonyl (C=O) groups is 1. The molecule has 9 heteroatoms. The summed E-state index contributed by atoms with van der Waals surface area (Å²) in [6, 6.07) is 1.67. The zero-order valence-corrected chi connectivity index (χ0v) is 16.4. The second kappa shape index (κ2) is 9.07. The molecule has 1 amide bonds. The maximum absolute atomic E-state index is 12.4. The highest BCUT2D eigenvalue weighted by atomic mass is 16.5. The Kier molecular flexibility index (Phi) is 6.54. The summed E-state index contributed by atoms with van der Waals surface area (Å²) in [4.78, 5) is 16.5. The van der Waals surface area contributed by atoms with E-state index in [0.717, 1.165) is 37.1 Å². The Morgan fingerprint density at radius 3 is 2.89 bits per heavy atom. The molecular weight excluding hydrogens is 346 g/mol. The van der Waals surface area contributed by atoms with Crippen molar-refractivity contribution in [1.82, 2.24) is 35.2 Å². The van der Waals surface area contributed by atoms with E-state index in [9.17, 15) is 4.79 Å². The molecule has 0 radical (unpaired) electrons. The number of carbonyl (C=O) groups excluding carboxylic acids is 1. The van der Waals surface area contributed by atoms with Crippen LogP contribution in [0.4, 0.5) is 0 Å². The van der Waals surface area contributed by atoms with Crippen molar-refractivity contribution in [3.63, 3.8) is 0 Å². The molecule has 0 aliphatic carbocycles. The number of aryl methyl sites for hydroxylation is 1.